The summed E-state index contributed by atoms with van der Waals surface area (Å²) in [7, 11) is 1.81. The molecule has 0 amide bonds. The Morgan fingerprint density at radius 2 is 1.80 bits per heavy atom. The summed E-state index contributed by atoms with van der Waals surface area (Å²) in [6, 6.07) is 11.0. The molecule has 0 saturated carbocycles. The number of aliphatic imine (C=N–C) groups is 1. The van der Waals surface area contributed by atoms with Crippen LogP contribution in [0.25, 0.3) is 0 Å². The number of aryl methyl sites for hydroxylation is 1. The minimum Gasteiger partial charge on any atom is -0.435 e. The van der Waals surface area contributed by atoms with Crippen LogP contribution in [0.5, 0.6) is 5.75 Å². The topological polar surface area (TPSA) is 50.8 Å². The van der Waals surface area contributed by atoms with Gasteiger partial charge in [0, 0.05) is 7.05 Å². The second-order valence-electron chi connectivity index (χ2n) is 6.05. The number of nitrogens with zero attached hydrogens (tertiary/aromatic N) is 2. The van der Waals surface area contributed by atoms with Gasteiger partial charge in [0.25, 0.3) is 0 Å². The molecule has 0 saturated heterocycles. The Morgan fingerprint density at radius 3 is 2.32 bits per heavy atom. The lowest BCUT2D eigenvalue weighted by atomic mass is 9.83. The van der Waals surface area contributed by atoms with Gasteiger partial charge in [-0.25, -0.2) is 9.38 Å². The zero-order chi connectivity index (χ0) is 18.2. The summed E-state index contributed by atoms with van der Waals surface area (Å²) in [5.74, 6) is 0.116. The predicted molar refractivity (Wildman–Crippen MR) is 89.2 cm³/mol. The number of nitrogens with two attached hydrogens (primary N) is 1. The second kappa shape index (κ2) is 6.31. The number of hydrogen-bond acceptors (Lipinski definition) is 4. The molecule has 0 spiro atoms. The quantitative estimate of drug-likeness (QED) is 0.922. The van der Waals surface area contributed by atoms with Gasteiger partial charge in [0.05, 0.1) is 6.54 Å². The maximum atomic E-state index is 13.3. The molecule has 2 aromatic carbocycles. The molecule has 132 valence electrons. The van der Waals surface area contributed by atoms with E-state index >= 15 is 0 Å². The molecular formula is C18H18F3N3O. The van der Waals surface area contributed by atoms with Crippen LogP contribution in [0.3, 0.4) is 0 Å². The molecule has 1 aliphatic heterocycles. The van der Waals surface area contributed by atoms with Crippen molar-refractivity contribution in [3.8, 4) is 5.75 Å². The number of benzene rings is 2. The lowest BCUT2D eigenvalue weighted by Gasteiger charge is -2.28. The molecule has 1 aliphatic rings. The number of alkyl halides is 2. The molecule has 0 aromatic heterocycles. The minimum atomic E-state index is -2.89. The van der Waals surface area contributed by atoms with Crippen LogP contribution >= 0.6 is 0 Å². The highest BCUT2D eigenvalue weighted by Crippen LogP contribution is 2.39. The van der Waals surface area contributed by atoms with Gasteiger partial charge < -0.3 is 15.4 Å². The largest absolute Gasteiger partial charge is 0.435 e. The van der Waals surface area contributed by atoms with Crippen LogP contribution in [0.4, 0.5) is 13.2 Å². The molecule has 0 radical (unpaired) electrons. The Kier molecular flexibility index (Phi) is 4.32. The van der Waals surface area contributed by atoms with Crippen molar-refractivity contribution in [3.05, 3.63) is 65.0 Å². The van der Waals surface area contributed by atoms with E-state index in [0.717, 1.165) is 11.1 Å². The van der Waals surface area contributed by atoms with Crippen LogP contribution in [0.2, 0.25) is 0 Å². The third-order valence-electron chi connectivity index (χ3n) is 4.35. The highest BCUT2D eigenvalue weighted by molar-refractivity contribution is 5.81. The molecule has 25 heavy (non-hydrogen) atoms. The van der Waals surface area contributed by atoms with E-state index in [-0.39, 0.29) is 11.6 Å². The van der Waals surface area contributed by atoms with Gasteiger partial charge in [0.2, 0.25) is 0 Å². The lowest BCUT2D eigenvalue weighted by Crippen LogP contribution is -2.34. The van der Waals surface area contributed by atoms with Crippen molar-refractivity contribution in [2.75, 3.05) is 13.6 Å². The van der Waals surface area contributed by atoms with Crippen molar-refractivity contribution < 1.29 is 17.9 Å². The van der Waals surface area contributed by atoms with Crippen LogP contribution in [0.15, 0.2) is 47.5 Å². The SMILES string of the molecule is Cc1cc(C2(c3ccc(F)cc3)CN(C)C(N)=N2)ccc1OC(F)F. The molecule has 0 aliphatic carbocycles. The first kappa shape index (κ1) is 17.1. The van der Waals surface area contributed by atoms with E-state index in [1.165, 1.54) is 18.2 Å². The molecule has 1 heterocycles. The number of guanidine groups is 1. The van der Waals surface area contributed by atoms with Crippen molar-refractivity contribution >= 4 is 5.96 Å². The number of hydrogen-bond donors (Lipinski definition) is 1. The monoisotopic (exact) mass is 349 g/mol. The van der Waals surface area contributed by atoms with Gasteiger partial charge >= 0.3 is 6.61 Å². The van der Waals surface area contributed by atoms with Gasteiger partial charge in [-0.2, -0.15) is 8.78 Å². The number of ether oxygens (including phenoxy) is 1. The van der Waals surface area contributed by atoms with E-state index in [1.807, 2.05) is 7.05 Å². The Morgan fingerprint density at radius 1 is 1.16 bits per heavy atom. The fourth-order valence-electron chi connectivity index (χ4n) is 3.08. The van der Waals surface area contributed by atoms with Crippen molar-refractivity contribution in [2.24, 2.45) is 10.7 Å². The van der Waals surface area contributed by atoms with Gasteiger partial charge in [0.1, 0.15) is 17.1 Å². The molecule has 1 atom stereocenters. The zero-order valence-corrected chi connectivity index (χ0v) is 13.8. The Bertz CT molecular complexity index is 808. The lowest BCUT2D eigenvalue weighted by molar-refractivity contribution is -0.0503. The van der Waals surface area contributed by atoms with E-state index < -0.39 is 12.2 Å². The normalized spacial score (nSPS) is 20.1. The first-order chi connectivity index (χ1) is 11.8. The summed E-state index contributed by atoms with van der Waals surface area (Å²) in [5.41, 5.74) is 7.23. The molecule has 4 nitrogen and oxygen atoms in total. The van der Waals surface area contributed by atoms with Crippen LogP contribution in [-0.2, 0) is 5.54 Å². The summed E-state index contributed by atoms with van der Waals surface area (Å²) < 4.78 is 42.8. The molecule has 3 rings (SSSR count). The molecule has 7 heteroatoms. The molecule has 2 N–H and O–H groups in total. The average molecular weight is 349 g/mol. The van der Waals surface area contributed by atoms with Crippen LogP contribution in [0.1, 0.15) is 16.7 Å². The number of halogens is 3. The summed E-state index contributed by atoms with van der Waals surface area (Å²) in [6.07, 6.45) is 0. The second-order valence-corrected chi connectivity index (χ2v) is 6.05. The zero-order valence-electron chi connectivity index (χ0n) is 13.8. The Labute approximate surface area is 143 Å². The maximum absolute atomic E-state index is 13.3. The van der Waals surface area contributed by atoms with Crippen LogP contribution in [0, 0.1) is 12.7 Å². The standard InChI is InChI=1S/C18H18F3N3O/c1-11-9-13(5-8-15(11)25-16(20)21)18(10-24(2)17(22)23-18)12-3-6-14(19)7-4-12/h3-9,16H,10H2,1-2H3,(H2,22,23). The van der Waals surface area contributed by atoms with Crippen LogP contribution < -0.4 is 10.5 Å². The summed E-state index contributed by atoms with van der Waals surface area (Å²) in [5, 5.41) is 0. The van der Waals surface area contributed by atoms with Gasteiger partial charge in [-0.1, -0.05) is 18.2 Å². The molecular weight excluding hydrogens is 331 g/mol. The third kappa shape index (κ3) is 3.14. The summed E-state index contributed by atoms with van der Waals surface area (Å²) in [4.78, 5) is 6.41. The number of rotatable bonds is 4. The van der Waals surface area contributed by atoms with E-state index in [1.54, 1.807) is 36.1 Å². The van der Waals surface area contributed by atoms with Gasteiger partial charge in [-0.05, 0) is 47.9 Å². The van der Waals surface area contributed by atoms with Gasteiger partial charge in [0.15, 0.2) is 5.96 Å². The highest BCUT2D eigenvalue weighted by Gasteiger charge is 2.41. The first-order valence-electron chi connectivity index (χ1n) is 7.70. The number of likely N-dealkylation sites (N-methyl/N-ethyl adjacent to an activating group) is 1. The predicted octanol–water partition coefficient (Wildman–Crippen LogP) is 3.24. The van der Waals surface area contributed by atoms with E-state index in [0.29, 0.717) is 18.1 Å². The molecule has 0 fully saturated rings. The van der Waals surface area contributed by atoms with Crippen molar-refractivity contribution in [2.45, 2.75) is 19.1 Å². The molecule has 1 unspecified atom stereocenters. The maximum Gasteiger partial charge on any atom is 0.387 e. The van der Waals surface area contributed by atoms with Crippen LogP contribution in [-0.4, -0.2) is 31.1 Å². The van der Waals surface area contributed by atoms with E-state index in [2.05, 4.69) is 9.73 Å². The molecule has 0 bridgehead atoms. The summed E-state index contributed by atoms with van der Waals surface area (Å²) >= 11 is 0. The average Bonchev–Trinajstić information content (AvgIpc) is 2.86. The smallest absolute Gasteiger partial charge is 0.387 e. The van der Waals surface area contributed by atoms with E-state index in [9.17, 15) is 13.2 Å². The van der Waals surface area contributed by atoms with Crippen molar-refractivity contribution in [1.82, 2.24) is 4.90 Å². The Balaban J connectivity index is 2.11. The van der Waals surface area contributed by atoms with Crippen molar-refractivity contribution in [1.29, 1.82) is 0 Å². The van der Waals surface area contributed by atoms with Gasteiger partial charge in [-0.15, -0.1) is 0 Å². The van der Waals surface area contributed by atoms with E-state index in [4.69, 9.17) is 5.73 Å². The first-order valence-corrected chi connectivity index (χ1v) is 7.70. The Hall–Kier alpha value is -2.70. The fourth-order valence-corrected chi connectivity index (χ4v) is 3.08. The summed E-state index contributed by atoms with van der Waals surface area (Å²) in [6.45, 7) is -0.744. The third-order valence-corrected chi connectivity index (χ3v) is 4.35. The van der Waals surface area contributed by atoms with Crippen molar-refractivity contribution in [3.63, 3.8) is 0 Å². The molecule has 2 aromatic rings. The minimum absolute atomic E-state index is 0.108. The highest BCUT2D eigenvalue weighted by atomic mass is 19.3. The fraction of sp³-hybridized carbons (Fsp3) is 0.278. The van der Waals surface area contributed by atoms with Gasteiger partial charge in [-0.3, -0.25) is 0 Å².